The van der Waals surface area contributed by atoms with E-state index in [0.29, 0.717) is 26.2 Å². The first-order valence-corrected chi connectivity index (χ1v) is 8.67. The van der Waals surface area contributed by atoms with Crippen LogP contribution in [0.3, 0.4) is 0 Å². The Hall–Kier alpha value is -1.53. The van der Waals surface area contributed by atoms with E-state index in [0.717, 1.165) is 25.1 Å². The molecule has 2 saturated heterocycles. The number of halogens is 2. The van der Waals surface area contributed by atoms with Crippen molar-refractivity contribution in [2.75, 3.05) is 44.2 Å². The fraction of sp³-hybridized carbons (Fsp3) is 0.611. The minimum Gasteiger partial charge on any atom is -0.311 e. The van der Waals surface area contributed by atoms with Crippen LogP contribution < -0.4 is 4.90 Å². The van der Waals surface area contributed by atoms with Gasteiger partial charge in [0.2, 0.25) is 5.91 Å². The smallest absolute Gasteiger partial charge is 0.251 e. The number of aryl methyl sites for hydroxylation is 1. The molecule has 1 atom stereocenters. The molecule has 1 aromatic rings. The molecule has 0 radical (unpaired) electrons. The monoisotopic (exact) mass is 337 g/mol. The molecule has 0 aliphatic carbocycles. The molecule has 0 N–H and O–H groups in total. The van der Waals surface area contributed by atoms with E-state index in [1.807, 2.05) is 36.1 Å². The van der Waals surface area contributed by atoms with Crippen molar-refractivity contribution in [3.05, 3.63) is 29.8 Å². The zero-order valence-electron chi connectivity index (χ0n) is 14.1. The Balaban J connectivity index is 1.62. The van der Waals surface area contributed by atoms with E-state index in [-0.39, 0.29) is 18.5 Å². The van der Waals surface area contributed by atoms with Crippen LogP contribution in [0.1, 0.15) is 18.4 Å². The highest BCUT2D eigenvalue weighted by Gasteiger charge is 2.35. The Morgan fingerprint density at radius 1 is 1.08 bits per heavy atom. The van der Waals surface area contributed by atoms with Gasteiger partial charge in [-0.1, -0.05) is 17.7 Å². The summed E-state index contributed by atoms with van der Waals surface area (Å²) in [5.41, 5.74) is 2.13. The standard InChI is InChI=1S/C18H25F2N3O/c1-14-4-6-15(7-5-14)23-8-2-3-16(18(23)24)22-11-9-21(10-12-22)13-17(19)20/h4-7,16-17H,2-3,8-13H2,1H3/t16-/m0/s1. The SMILES string of the molecule is Cc1ccc(N2CCC[C@H](N3CCN(CC(F)F)CC3)C2=O)cc1. The number of benzene rings is 1. The zero-order chi connectivity index (χ0) is 17.1. The van der Waals surface area contributed by atoms with Crippen molar-refractivity contribution < 1.29 is 13.6 Å². The van der Waals surface area contributed by atoms with Crippen LogP contribution in [0.2, 0.25) is 0 Å². The molecule has 2 aliphatic rings. The van der Waals surface area contributed by atoms with Gasteiger partial charge < -0.3 is 4.90 Å². The summed E-state index contributed by atoms with van der Waals surface area (Å²) in [6, 6.07) is 7.92. The summed E-state index contributed by atoms with van der Waals surface area (Å²) in [7, 11) is 0. The van der Waals surface area contributed by atoms with E-state index < -0.39 is 6.43 Å². The average molecular weight is 337 g/mol. The maximum Gasteiger partial charge on any atom is 0.251 e. The topological polar surface area (TPSA) is 26.8 Å². The summed E-state index contributed by atoms with van der Waals surface area (Å²) in [6.07, 6.45) is -0.456. The Morgan fingerprint density at radius 3 is 2.38 bits per heavy atom. The van der Waals surface area contributed by atoms with Gasteiger partial charge in [-0.15, -0.1) is 0 Å². The van der Waals surface area contributed by atoms with Crippen molar-refractivity contribution in [2.24, 2.45) is 0 Å². The predicted molar refractivity (Wildman–Crippen MR) is 90.6 cm³/mol. The molecular weight excluding hydrogens is 312 g/mol. The van der Waals surface area contributed by atoms with Crippen molar-refractivity contribution in [1.29, 1.82) is 0 Å². The molecule has 2 heterocycles. The number of rotatable bonds is 4. The largest absolute Gasteiger partial charge is 0.311 e. The first-order chi connectivity index (χ1) is 11.5. The molecule has 3 rings (SSSR count). The number of piperidine rings is 1. The van der Waals surface area contributed by atoms with Gasteiger partial charge in [0.1, 0.15) is 0 Å². The molecule has 2 fully saturated rings. The number of alkyl halides is 2. The number of hydrogen-bond acceptors (Lipinski definition) is 3. The highest BCUT2D eigenvalue weighted by atomic mass is 19.3. The van der Waals surface area contributed by atoms with Gasteiger partial charge in [-0.25, -0.2) is 8.78 Å². The minimum absolute atomic E-state index is 0.117. The molecule has 0 unspecified atom stereocenters. The molecule has 1 amide bonds. The first kappa shape index (κ1) is 17.3. The van der Waals surface area contributed by atoms with E-state index >= 15 is 0 Å². The summed E-state index contributed by atoms with van der Waals surface area (Å²) in [4.78, 5) is 18.7. The van der Waals surface area contributed by atoms with E-state index in [1.54, 1.807) is 4.90 Å². The lowest BCUT2D eigenvalue weighted by molar-refractivity contribution is -0.126. The quantitative estimate of drug-likeness (QED) is 0.844. The van der Waals surface area contributed by atoms with Crippen molar-refractivity contribution >= 4 is 11.6 Å². The summed E-state index contributed by atoms with van der Waals surface area (Å²) in [6.45, 7) is 5.21. The summed E-state index contributed by atoms with van der Waals surface area (Å²) >= 11 is 0. The first-order valence-electron chi connectivity index (χ1n) is 8.67. The third-order valence-corrected chi connectivity index (χ3v) is 5.00. The molecule has 0 bridgehead atoms. The lowest BCUT2D eigenvalue weighted by Crippen LogP contribution is -2.58. The van der Waals surface area contributed by atoms with Gasteiger partial charge in [-0.2, -0.15) is 0 Å². The van der Waals surface area contributed by atoms with Gasteiger partial charge in [0.25, 0.3) is 6.43 Å². The highest BCUT2D eigenvalue weighted by Crippen LogP contribution is 2.25. The highest BCUT2D eigenvalue weighted by molar-refractivity contribution is 5.97. The molecule has 24 heavy (non-hydrogen) atoms. The maximum atomic E-state index is 12.9. The van der Waals surface area contributed by atoms with Crippen molar-refractivity contribution in [3.63, 3.8) is 0 Å². The molecule has 132 valence electrons. The molecule has 4 nitrogen and oxygen atoms in total. The zero-order valence-corrected chi connectivity index (χ0v) is 14.1. The fourth-order valence-electron chi connectivity index (χ4n) is 3.63. The molecule has 1 aromatic carbocycles. The molecule has 2 aliphatic heterocycles. The van der Waals surface area contributed by atoms with Crippen LogP contribution in [0, 0.1) is 6.92 Å². The molecular formula is C18H25F2N3O. The van der Waals surface area contributed by atoms with Gasteiger partial charge in [0, 0.05) is 38.4 Å². The van der Waals surface area contributed by atoms with E-state index in [4.69, 9.17) is 0 Å². The number of anilines is 1. The minimum atomic E-state index is -2.29. The third-order valence-electron chi connectivity index (χ3n) is 5.00. The lowest BCUT2D eigenvalue weighted by Gasteiger charge is -2.42. The van der Waals surface area contributed by atoms with Crippen molar-refractivity contribution in [3.8, 4) is 0 Å². The van der Waals surface area contributed by atoms with Crippen molar-refractivity contribution in [1.82, 2.24) is 9.80 Å². The van der Waals surface area contributed by atoms with E-state index in [2.05, 4.69) is 4.90 Å². The maximum absolute atomic E-state index is 12.9. The van der Waals surface area contributed by atoms with Gasteiger partial charge in [-0.05, 0) is 31.9 Å². The van der Waals surface area contributed by atoms with Gasteiger partial charge in [-0.3, -0.25) is 14.6 Å². The third kappa shape index (κ3) is 3.92. The number of hydrogen-bond donors (Lipinski definition) is 0. The van der Waals surface area contributed by atoms with Crippen LogP contribution in [0.15, 0.2) is 24.3 Å². The second-order valence-electron chi connectivity index (χ2n) is 6.71. The Labute approximate surface area is 142 Å². The van der Waals surface area contributed by atoms with Crippen LogP contribution in [0.25, 0.3) is 0 Å². The summed E-state index contributed by atoms with van der Waals surface area (Å²) in [5.74, 6) is 0.146. The lowest BCUT2D eigenvalue weighted by atomic mass is 10.0. The van der Waals surface area contributed by atoms with Gasteiger partial charge in [0.05, 0.1) is 12.6 Å². The van der Waals surface area contributed by atoms with Crippen LogP contribution in [-0.4, -0.2) is 67.4 Å². The molecule has 0 saturated carbocycles. The molecule has 0 aromatic heterocycles. The number of carbonyl (C=O) groups is 1. The second-order valence-corrected chi connectivity index (χ2v) is 6.71. The number of amides is 1. The Kier molecular flexibility index (Phi) is 5.46. The van der Waals surface area contributed by atoms with Crippen LogP contribution in [-0.2, 0) is 4.79 Å². The molecule has 0 spiro atoms. The Bertz CT molecular complexity index is 556. The van der Waals surface area contributed by atoms with Crippen LogP contribution in [0.4, 0.5) is 14.5 Å². The summed E-state index contributed by atoms with van der Waals surface area (Å²) in [5, 5.41) is 0. The Morgan fingerprint density at radius 2 is 1.75 bits per heavy atom. The summed E-state index contributed by atoms with van der Waals surface area (Å²) < 4.78 is 25.0. The van der Waals surface area contributed by atoms with Crippen LogP contribution >= 0.6 is 0 Å². The number of carbonyl (C=O) groups excluding carboxylic acids is 1. The van der Waals surface area contributed by atoms with Crippen LogP contribution in [0.5, 0.6) is 0 Å². The van der Waals surface area contributed by atoms with Gasteiger partial charge in [0.15, 0.2) is 0 Å². The van der Waals surface area contributed by atoms with E-state index in [1.165, 1.54) is 5.56 Å². The molecule has 6 heteroatoms. The number of nitrogens with zero attached hydrogens (tertiary/aromatic N) is 3. The van der Waals surface area contributed by atoms with Crippen molar-refractivity contribution in [2.45, 2.75) is 32.2 Å². The number of piperazine rings is 1. The predicted octanol–water partition coefficient (Wildman–Crippen LogP) is 2.37. The van der Waals surface area contributed by atoms with E-state index in [9.17, 15) is 13.6 Å². The normalized spacial score (nSPS) is 23.9. The second kappa shape index (κ2) is 7.57. The van der Waals surface area contributed by atoms with Gasteiger partial charge >= 0.3 is 0 Å². The fourth-order valence-corrected chi connectivity index (χ4v) is 3.63. The average Bonchev–Trinajstić information content (AvgIpc) is 2.56.